The first-order valence-electron chi connectivity index (χ1n) is 9.85. The summed E-state index contributed by atoms with van der Waals surface area (Å²) >= 11 is 0. The zero-order valence-electron chi connectivity index (χ0n) is 18.8. The molecule has 0 saturated carbocycles. The lowest BCUT2D eigenvalue weighted by atomic mass is 10.0. The molecule has 12 heteroatoms. The molecule has 180 valence electrons. The molecule has 0 saturated heterocycles. The van der Waals surface area contributed by atoms with Crippen molar-refractivity contribution in [2.45, 2.75) is 38.5 Å². The standard InChI is InChI=1S/C21H28N4O8/c1-21(2,3)33-20(31)24-14(12-26)19(30)25(10-9-22)17(13-7-5-6-8-15(13)27)18(29)23-11-16(28)32-4/h5-8,14,17,26-27H,10-12H2,1-4H3,(H,23,29)(H,24,31). The van der Waals surface area contributed by atoms with Crippen molar-refractivity contribution in [3.05, 3.63) is 29.8 Å². The van der Waals surface area contributed by atoms with Crippen LogP contribution in [0.4, 0.5) is 4.79 Å². The highest BCUT2D eigenvalue weighted by Crippen LogP contribution is 2.29. The number of ether oxygens (including phenoxy) is 2. The molecule has 0 bridgehead atoms. The van der Waals surface area contributed by atoms with Crippen molar-refractivity contribution in [3.63, 3.8) is 0 Å². The summed E-state index contributed by atoms with van der Waals surface area (Å²) < 4.78 is 9.56. The molecule has 33 heavy (non-hydrogen) atoms. The van der Waals surface area contributed by atoms with Crippen LogP contribution in [0.3, 0.4) is 0 Å². The van der Waals surface area contributed by atoms with Crippen LogP contribution in [0.2, 0.25) is 0 Å². The number of benzene rings is 1. The fourth-order valence-electron chi connectivity index (χ4n) is 2.71. The lowest BCUT2D eigenvalue weighted by Crippen LogP contribution is -2.54. The van der Waals surface area contributed by atoms with E-state index >= 15 is 0 Å². The van der Waals surface area contributed by atoms with E-state index in [0.29, 0.717) is 0 Å². The average Bonchev–Trinajstić information content (AvgIpc) is 2.74. The minimum absolute atomic E-state index is 0.0441. The number of amides is 3. The van der Waals surface area contributed by atoms with E-state index in [1.165, 1.54) is 24.3 Å². The summed E-state index contributed by atoms with van der Waals surface area (Å²) in [4.78, 5) is 50.4. The SMILES string of the molecule is COC(=O)CNC(=O)C(c1ccccc1O)N(CC#N)C(=O)C(CO)NC(=O)OC(C)(C)C. The molecule has 4 N–H and O–H groups in total. The van der Waals surface area contributed by atoms with Gasteiger partial charge >= 0.3 is 12.1 Å². The Morgan fingerprint density at radius 3 is 2.36 bits per heavy atom. The Kier molecular flexibility index (Phi) is 10.1. The number of carbonyl (C=O) groups is 4. The molecule has 0 fully saturated rings. The third-order valence-corrected chi connectivity index (χ3v) is 4.12. The summed E-state index contributed by atoms with van der Waals surface area (Å²) in [5.41, 5.74) is -0.927. The van der Waals surface area contributed by atoms with Crippen molar-refractivity contribution in [1.82, 2.24) is 15.5 Å². The molecule has 3 amide bonds. The minimum Gasteiger partial charge on any atom is -0.508 e. The Bertz CT molecular complexity index is 906. The molecule has 1 aromatic rings. The number of nitriles is 1. The normalized spacial score (nSPS) is 12.5. The molecular formula is C21H28N4O8. The Labute approximate surface area is 191 Å². The first-order chi connectivity index (χ1) is 15.4. The number of rotatable bonds is 9. The van der Waals surface area contributed by atoms with Gasteiger partial charge in [0.15, 0.2) is 0 Å². The summed E-state index contributed by atoms with van der Waals surface area (Å²) in [6.45, 7) is 2.76. The van der Waals surface area contributed by atoms with E-state index in [1.54, 1.807) is 26.8 Å². The number of nitrogens with one attached hydrogen (secondary N) is 2. The summed E-state index contributed by atoms with van der Waals surface area (Å²) in [5.74, 6) is -3.02. The molecule has 0 radical (unpaired) electrons. The van der Waals surface area contributed by atoms with Crippen LogP contribution in [0.1, 0.15) is 32.4 Å². The lowest BCUT2D eigenvalue weighted by molar-refractivity contribution is -0.144. The molecule has 0 aromatic heterocycles. The minimum atomic E-state index is -1.57. The predicted octanol–water partition coefficient (Wildman–Crippen LogP) is -0.0397. The number of aliphatic hydroxyl groups is 1. The third-order valence-electron chi connectivity index (χ3n) is 4.12. The van der Waals surface area contributed by atoms with E-state index < -0.39 is 61.3 Å². The van der Waals surface area contributed by atoms with Gasteiger partial charge in [-0.25, -0.2) is 4.79 Å². The summed E-state index contributed by atoms with van der Waals surface area (Å²) in [6, 6.07) is 4.22. The number of alkyl carbamates (subject to hydrolysis) is 1. The molecule has 0 aliphatic carbocycles. The maximum Gasteiger partial charge on any atom is 0.408 e. The highest BCUT2D eigenvalue weighted by atomic mass is 16.6. The Hall–Kier alpha value is -3.85. The van der Waals surface area contributed by atoms with Crippen LogP contribution in [0.15, 0.2) is 24.3 Å². The van der Waals surface area contributed by atoms with Gasteiger partial charge in [-0.2, -0.15) is 5.26 Å². The molecule has 0 aliphatic heterocycles. The van der Waals surface area contributed by atoms with E-state index in [-0.39, 0.29) is 11.3 Å². The van der Waals surface area contributed by atoms with Gasteiger partial charge in [-0.3, -0.25) is 14.4 Å². The molecule has 2 unspecified atom stereocenters. The first-order valence-corrected chi connectivity index (χ1v) is 9.85. The largest absolute Gasteiger partial charge is 0.508 e. The molecule has 12 nitrogen and oxygen atoms in total. The van der Waals surface area contributed by atoms with Crippen LogP contribution in [-0.4, -0.2) is 77.4 Å². The molecule has 2 atom stereocenters. The highest BCUT2D eigenvalue weighted by molar-refractivity contribution is 5.93. The van der Waals surface area contributed by atoms with Crippen LogP contribution in [0.5, 0.6) is 5.75 Å². The van der Waals surface area contributed by atoms with E-state index in [0.717, 1.165) is 12.0 Å². The zero-order valence-corrected chi connectivity index (χ0v) is 18.8. The van der Waals surface area contributed by atoms with Gasteiger partial charge in [0.25, 0.3) is 0 Å². The fraction of sp³-hybridized carbons (Fsp3) is 0.476. The van der Waals surface area contributed by atoms with Gasteiger partial charge in [0.05, 0.1) is 19.8 Å². The number of para-hydroxylation sites is 1. The maximum absolute atomic E-state index is 13.2. The second kappa shape index (κ2) is 12.3. The molecule has 0 spiro atoms. The molecule has 0 heterocycles. The number of esters is 1. The van der Waals surface area contributed by atoms with Crippen LogP contribution in [0.25, 0.3) is 0 Å². The molecule has 0 aliphatic rings. The van der Waals surface area contributed by atoms with Gasteiger partial charge in [-0.15, -0.1) is 0 Å². The van der Waals surface area contributed by atoms with E-state index in [2.05, 4.69) is 15.4 Å². The maximum atomic E-state index is 13.2. The quantitative estimate of drug-likeness (QED) is 0.288. The third kappa shape index (κ3) is 8.30. The number of aromatic hydroxyl groups is 1. The number of hydrogen-bond donors (Lipinski definition) is 4. The average molecular weight is 464 g/mol. The Morgan fingerprint density at radius 2 is 1.85 bits per heavy atom. The van der Waals surface area contributed by atoms with Crippen molar-refractivity contribution < 1.29 is 38.9 Å². The van der Waals surface area contributed by atoms with Crippen LogP contribution >= 0.6 is 0 Å². The first kappa shape index (κ1) is 27.2. The number of hydrogen-bond acceptors (Lipinski definition) is 9. The molecule has 1 aromatic carbocycles. The number of aliphatic hydroxyl groups excluding tert-OH is 1. The molecular weight excluding hydrogens is 436 g/mol. The number of methoxy groups -OCH3 is 1. The van der Waals surface area contributed by atoms with Crippen molar-refractivity contribution >= 4 is 23.9 Å². The van der Waals surface area contributed by atoms with Crippen LogP contribution in [-0.2, 0) is 23.9 Å². The van der Waals surface area contributed by atoms with Crippen molar-refractivity contribution in [1.29, 1.82) is 5.26 Å². The second-order valence-electron chi connectivity index (χ2n) is 7.76. The zero-order chi connectivity index (χ0) is 25.2. The Morgan fingerprint density at radius 1 is 1.21 bits per heavy atom. The van der Waals surface area contributed by atoms with Crippen LogP contribution < -0.4 is 10.6 Å². The summed E-state index contributed by atoms with van der Waals surface area (Å²) in [7, 11) is 1.12. The fourth-order valence-corrected chi connectivity index (χ4v) is 2.71. The number of carbonyl (C=O) groups excluding carboxylic acids is 4. The van der Waals surface area contributed by atoms with E-state index in [4.69, 9.17) is 4.74 Å². The second-order valence-corrected chi connectivity index (χ2v) is 7.76. The van der Waals surface area contributed by atoms with Crippen LogP contribution in [0, 0.1) is 11.3 Å². The number of phenolic OH excluding ortho intramolecular Hbond substituents is 1. The van der Waals surface area contributed by atoms with Gasteiger partial charge in [0, 0.05) is 5.56 Å². The van der Waals surface area contributed by atoms with Gasteiger partial charge in [-0.05, 0) is 26.8 Å². The van der Waals surface area contributed by atoms with Gasteiger partial charge in [-0.1, -0.05) is 18.2 Å². The Balaban J connectivity index is 3.33. The topological polar surface area (TPSA) is 178 Å². The van der Waals surface area contributed by atoms with Crippen molar-refractivity contribution in [3.8, 4) is 11.8 Å². The van der Waals surface area contributed by atoms with E-state index in [1.807, 2.05) is 0 Å². The molecule has 1 rings (SSSR count). The summed E-state index contributed by atoms with van der Waals surface area (Å²) in [5, 5.41) is 33.8. The van der Waals surface area contributed by atoms with E-state index in [9.17, 15) is 34.7 Å². The highest BCUT2D eigenvalue weighted by Gasteiger charge is 2.37. The summed E-state index contributed by atoms with van der Waals surface area (Å²) in [6.07, 6.45) is -0.999. The van der Waals surface area contributed by atoms with Gasteiger partial charge in [0.2, 0.25) is 11.8 Å². The number of phenols is 1. The lowest BCUT2D eigenvalue weighted by Gasteiger charge is -2.32. The number of nitrogens with zero attached hydrogens (tertiary/aromatic N) is 2. The smallest absolute Gasteiger partial charge is 0.408 e. The van der Waals surface area contributed by atoms with Crippen molar-refractivity contribution in [2.24, 2.45) is 0 Å². The van der Waals surface area contributed by atoms with Gasteiger partial charge < -0.3 is 35.2 Å². The predicted molar refractivity (Wildman–Crippen MR) is 113 cm³/mol. The van der Waals surface area contributed by atoms with Crippen molar-refractivity contribution in [2.75, 3.05) is 26.8 Å². The van der Waals surface area contributed by atoms with Gasteiger partial charge in [0.1, 0.15) is 36.5 Å². The monoisotopic (exact) mass is 464 g/mol.